The van der Waals surface area contributed by atoms with Crippen LogP contribution in [0.1, 0.15) is 40.5 Å². The first kappa shape index (κ1) is 11.0. The first-order valence-corrected chi connectivity index (χ1v) is 4.93. The average Bonchev–Trinajstić information content (AvgIpc) is 1.97. The zero-order chi connectivity index (χ0) is 8.69. The Kier molecular flexibility index (Phi) is 6.63. The standard InChI is InChI=1S/C10H23N/c1-5-7-10(9(3)4)8-11-6-2/h9-11H,5-8H2,1-4H3/t10-/m0/s1. The molecule has 0 aromatic rings. The minimum atomic E-state index is 0.828. The summed E-state index contributed by atoms with van der Waals surface area (Å²) in [6, 6.07) is 0. The molecule has 0 rings (SSSR count). The second-order valence-corrected chi connectivity index (χ2v) is 3.60. The van der Waals surface area contributed by atoms with E-state index in [-0.39, 0.29) is 0 Å². The van der Waals surface area contributed by atoms with E-state index >= 15 is 0 Å². The Morgan fingerprint density at radius 1 is 1.18 bits per heavy atom. The molecule has 0 bridgehead atoms. The van der Waals surface area contributed by atoms with Gasteiger partial charge < -0.3 is 5.32 Å². The van der Waals surface area contributed by atoms with Crippen LogP contribution < -0.4 is 5.32 Å². The van der Waals surface area contributed by atoms with Crippen molar-refractivity contribution in [3.8, 4) is 0 Å². The van der Waals surface area contributed by atoms with E-state index in [9.17, 15) is 0 Å². The Hall–Kier alpha value is -0.0400. The molecule has 0 fully saturated rings. The molecular weight excluding hydrogens is 134 g/mol. The van der Waals surface area contributed by atoms with Crippen molar-refractivity contribution < 1.29 is 0 Å². The van der Waals surface area contributed by atoms with Crippen LogP contribution in [0.3, 0.4) is 0 Å². The molecule has 0 aliphatic carbocycles. The molecule has 68 valence electrons. The van der Waals surface area contributed by atoms with Gasteiger partial charge in [0.2, 0.25) is 0 Å². The van der Waals surface area contributed by atoms with Crippen molar-refractivity contribution in [1.82, 2.24) is 5.32 Å². The molecule has 0 amide bonds. The molecule has 1 N–H and O–H groups in total. The van der Waals surface area contributed by atoms with Gasteiger partial charge >= 0.3 is 0 Å². The molecule has 0 aliphatic heterocycles. The molecule has 0 aromatic carbocycles. The fourth-order valence-corrected chi connectivity index (χ4v) is 1.37. The fraction of sp³-hybridized carbons (Fsp3) is 1.00. The van der Waals surface area contributed by atoms with Crippen LogP contribution in [0.5, 0.6) is 0 Å². The summed E-state index contributed by atoms with van der Waals surface area (Å²) in [5.41, 5.74) is 0. The van der Waals surface area contributed by atoms with E-state index in [0.717, 1.165) is 18.4 Å². The van der Waals surface area contributed by atoms with Crippen LogP contribution in [0.15, 0.2) is 0 Å². The summed E-state index contributed by atoms with van der Waals surface area (Å²) in [5, 5.41) is 3.41. The van der Waals surface area contributed by atoms with Gasteiger partial charge in [0, 0.05) is 0 Å². The smallest absolute Gasteiger partial charge is 0.00182 e. The van der Waals surface area contributed by atoms with Crippen LogP contribution >= 0.6 is 0 Å². The minimum Gasteiger partial charge on any atom is -0.317 e. The maximum Gasteiger partial charge on any atom is -0.00182 e. The molecule has 0 spiro atoms. The fourth-order valence-electron chi connectivity index (χ4n) is 1.37. The molecule has 1 nitrogen and oxygen atoms in total. The lowest BCUT2D eigenvalue weighted by Gasteiger charge is -2.20. The highest BCUT2D eigenvalue weighted by Gasteiger charge is 2.10. The minimum absolute atomic E-state index is 0.828. The van der Waals surface area contributed by atoms with Crippen molar-refractivity contribution in [3.05, 3.63) is 0 Å². The Morgan fingerprint density at radius 3 is 2.18 bits per heavy atom. The monoisotopic (exact) mass is 157 g/mol. The molecule has 0 saturated heterocycles. The highest BCUT2D eigenvalue weighted by Crippen LogP contribution is 2.15. The summed E-state index contributed by atoms with van der Waals surface area (Å²) >= 11 is 0. The van der Waals surface area contributed by atoms with Crippen molar-refractivity contribution in [1.29, 1.82) is 0 Å². The van der Waals surface area contributed by atoms with Gasteiger partial charge in [0.05, 0.1) is 0 Å². The van der Waals surface area contributed by atoms with Gasteiger partial charge in [-0.1, -0.05) is 34.1 Å². The van der Waals surface area contributed by atoms with Crippen molar-refractivity contribution in [3.63, 3.8) is 0 Å². The van der Waals surface area contributed by atoms with Gasteiger partial charge in [-0.05, 0) is 31.3 Å². The normalized spacial score (nSPS) is 13.9. The molecule has 1 heteroatoms. The van der Waals surface area contributed by atoms with Crippen molar-refractivity contribution in [2.75, 3.05) is 13.1 Å². The molecule has 1 atom stereocenters. The third kappa shape index (κ3) is 5.25. The molecule has 0 unspecified atom stereocenters. The second-order valence-electron chi connectivity index (χ2n) is 3.60. The lowest BCUT2D eigenvalue weighted by molar-refractivity contribution is 0.341. The number of nitrogens with one attached hydrogen (secondary N) is 1. The summed E-state index contributed by atoms with van der Waals surface area (Å²) in [6.07, 6.45) is 2.68. The first-order chi connectivity index (χ1) is 5.22. The zero-order valence-electron chi connectivity index (χ0n) is 8.48. The molecular formula is C10H23N. The molecule has 0 aromatic heterocycles. The number of rotatable bonds is 6. The van der Waals surface area contributed by atoms with Gasteiger partial charge in [-0.2, -0.15) is 0 Å². The Morgan fingerprint density at radius 2 is 1.82 bits per heavy atom. The second kappa shape index (κ2) is 6.66. The van der Waals surface area contributed by atoms with Crippen LogP contribution in [0, 0.1) is 11.8 Å². The SMILES string of the molecule is CCC[C@@H](CNCC)C(C)C. The Balaban J connectivity index is 3.51. The zero-order valence-corrected chi connectivity index (χ0v) is 8.48. The van der Waals surface area contributed by atoms with Gasteiger partial charge in [0.1, 0.15) is 0 Å². The third-order valence-corrected chi connectivity index (χ3v) is 2.26. The summed E-state index contributed by atoms with van der Waals surface area (Å²) in [4.78, 5) is 0. The topological polar surface area (TPSA) is 12.0 Å². The summed E-state index contributed by atoms with van der Waals surface area (Å²) in [6.45, 7) is 11.4. The highest BCUT2D eigenvalue weighted by molar-refractivity contribution is 4.64. The molecule has 0 aliphatic rings. The van der Waals surface area contributed by atoms with Crippen LogP contribution in [-0.2, 0) is 0 Å². The van der Waals surface area contributed by atoms with E-state index in [4.69, 9.17) is 0 Å². The van der Waals surface area contributed by atoms with Crippen LogP contribution in [-0.4, -0.2) is 13.1 Å². The van der Waals surface area contributed by atoms with E-state index in [1.165, 1.54) is 19.4 Å². The van der Waals surface area contributed by atoms with Crippen molar-refractivity contribution in [2.24, 2.45) is 11.8 Å². The van der Waals surface area contributed by atoms with E-state index in [1.807, 2.05) is 0 Å². The Labute approximate surface area is 71.6 Å². The maximum absolute atomic E-state index is 3.41. The largest absolute Gasteiger partial charge is 0.317 e. The van der Waals surface area contributed by atoms with Crippen LogP contribution in [0.4, 0.5) is 0 Å². The van der Waals surface area contributed by atoms with E-state index in [1.54, 1.807) is 0 Å². The average molecular weight is 157 g/mol. The summed E-state index contributed by atoms with van der Waals surface area (Å²) < 4.78 is 0. The highest BCUT2D eigenvalue weighted by atomic mass is 14.8. The summed E-state index contributed by atoms with van der Waals surface area (Å²) in [7, 11) is 0. The molecule has 0 heterocycles. The lowest BCUT2D eigenvalue weighted by Crippen LogP contribution is -2.25. The molecule has 0 radical (unpaired) electrons. The number of hydrogen-bond acceptors (Lipinski definition) is 1. The van der Waals surface area contributed by atoms with Crippen LogP contribution in [0.2, 0.25) is 0 Å². The Bertz CT molecular complexity index is 78.9. The molecule has 0 saturated carbocycles. The summed E-state index contributed by atoms with van der Waals surface area (Å²) in [5.74, 6) is 1.70. The third-order valence-electron chi connectivity index (χ3n) is 2.26. The van der Waals surface area contributed by atoms with Crippen LogP contribution in [0.25, 0.3) is 0 Å². The lowest BCUT2D eigenvalue weighted by atomic mass is 9.91. The number of hydrogen-bond donors (Lipinski definition) is 1. The van der Waals surface area contributed by atoms with Crippen molar-refractivity contribution in [2.45, 2.75) is 40.5 Å². The van der Waals surface area contributed by atoms with E-state index in [2.05, 4.69) is 33.0 Å². The van der Waals surface area contributed by atoms with Crippen molar-refractivity contribution >= 4 is 0 Å². The predicted octanol–water partition coefficient (Wildman–Crippen LogP) is 2.67. The van der Waals surface area contributed by atoms with Gasteiger partial charge in [-0.25, -0.2) is 0 Å². The molecule has 11 heavy (non-hydrogen) atoms. The predicted molar refractivity (Wildman–Crippen MR) is 51.8 cm³/mol. The van der Waals surface area contributed by atoms with E-state index in [0.29, 0.717) is 0 Å². The van der Waals surface area contributed by atoms with Gasteiger partial charge in [-0.15, -0.1) is 0 Å². The van der Waals surface area contributed by atoms with Gasteiger partial charge in [-0.3, -0.25) is 0 Å². The van der Waals surface area contributed by atoms with Gasteiger partial charge in [0.15, 0.2) is 0 Å². The van der Waals surface area contributed by atoms with Gasteiger partial charge in [0.25, 0.3) is 0 Å². The van der Waals surface area contributed by atoms with E-state index < -0.39 is 0 Å². The quantitative estimate of drug-likeness (QED) is 0.625. The first-order valence-electron chi connectivity index (χ1n) is 4.93. The maximum atomic E-state index is 3.41.